The van der Waals surface area contributed by atoms with Gasteiger partial charge in [0.25, 0.3) is 5.89 Å². The van der Waals surface area contributed by atoms with Crippen LogP contribution in [0.5, 0.6) is 0 Å². The molecule has 2 fully saturated rings. The highest BCUT2D eigenvalue weighted by atomic mass is 32.2. The average Bonchev–Trinajstić information content (AvgIpc) is 3.33. The number of aryl methyl sites for hydroxylation is 1. The summed E-state index contributed by atoms with van der Waals surface area (Å²) < 4.78 is 61.0. The first-order valence-electron chi connectivity index (χ1n) is 8.59. The van der Waals surface area contributed by atoms with Crippen molar-refractivity contribution in [1.82, 2.24) is 14.4 Å². The van der Waals surface area contributed by atoms with Crippen LogP contribution in [0.15, 0.2) is 27.6 Å². The Morgan fingerprint density at radius 3 is 2.81 bits per heavy atom. The smallest absolute Gasteiger partial charge is 0.265 e. The van der Waals surface area contributed by atoms with E-state index in [1.807, 2.05) is 0 Å². The van der Waals surface area contributed by atoms with Crippen LogP contribution in [0, 0.1) is 12.7 Å². The van der Waals surface area contributed by atoms with Crippen molar-refractivity contribution in [2.45, 2.75) is 49.1 Å². The van der Waals surface area contributed by atoms with Gasteiger partial charge in [0, 0.05) is 12.5 Å². The Kier molecular flexibility index (Phi) is 4.11. The molecule has 9 heteroatoms. The topological polar surface area (TPSA) is 76.3 Å². The zero-order valence-corrected chi connectivity index (χ0v) is 15.1. The molecule has 1 aliphatic carbocycles. The van der Waals surface area contributed by atoms with Crippen LogP contribution in [-0.2, 0) is 15.7 Å². The van der Waals surface area contributed by atoms with Gasteiger partial charge in [-0.05, 0) is 50.3 Å². The third-order valence-electron chi connectivity index (χ3n) is 4.96. The number of piperidine rings is 1. The van der Waals surface area contributed by atoms with Crippen LogP contribution in [0.3, 0.4) is 0 Å². The number of benzene rings is 1. The number of sulfonamides is 1. The number of rotatable bonds is 4. The van der Waals surface area contributed by atoms with Crippen LogP contribution in [0.25, 0.3) is 0 Å². The minimum atomic E-state index is -4.01. The van der Waals surface area contributed by atoms with Gasteiger partial charge in [-0.25, -0.2) is 17.2 Å². The maximum Gasteiger partial charge on any atom is 0.265 e. The van der Waals surface area contributed by atoms with Crippen LogP contribution in [0.1, 0.15) is 48.9 Å². The molecule has 2 aromatic rings. The maximum absolute atomic E-state index is 15.5. The van der Waals surface area contributed by atoms with Crippen molar-refractivity contribution in [1.29, 1.82) is 0 Å². The Morgan fingerprint density at radius 1 is 1.35 bits per heavy atom. The van der Waals surface area contributed by atoms with Crippen molar-refractivity contribution in [3.63, 3.8) is 0 Å². The number of alkyl halides is 1. The number of nitrogens with zero attached hydrogens (tertiary/aromatic N) is 3. The zero-order chi connectivity index (χ0) is 18.5. The molecular weight excluding hydrogens is 364 g/mol. The molecule has 6 nitrogen and oxygen atoms in total. The first kappa shape index (κ1) is 17.5. The SMILES string of the molecule is Cc1ccc(S(=O)(=O)N2CCCC(F)(c3nc(C4CC4)no3)C2)cc1F. The Morgan fingerprint density at radius 2 is 2.12 bits per heavy atom. The summed E-state index contributed by atoms with van der Waals surface area (Å²) in [5.41, 5.74) is -1.68. The van der Waals surface area contributed by atoms with Crippen LogP contribution < -0.4 is 0 Å². The van der Waals surface area contributed by atoms with Gasteiger partial charge in [0.1, 0.15) is 5.82 Å². The first-order valence-corrected chi connectivity index (χ1v) is 10.0. The normalized spacial score (nSPS) is 24.7. The second-order valence-electron chi connectivity index (χ2n) is 7.05. The van der Waals surface area contributed by atoms with E-state index < -0.39 is 28.1 Å². The van der Waals surface area contributed by atoms with E-state index in [1.165, 1.54) is 12.1 Å². The molecule has 1 saturated carbocycles. The lowest BCUT2D eigenvalue weighted by Crippen LogP contribution is -2.46. The second-order valence-corrected chi connectivity index (χ2v) is 8.99. The fraction of sp³-hybridized carbons (Fsp3) is 0.529. The average molecular weight is 383 g/mol. The van der Waals surface area contributed by atoms with Crippen molar-refractivity contribution >= 4 is 10.0 Å². The highest BCUT2D eigenvalue weighted by Gasteiger charge is 2.46. The fourth-order valence-corrected chi connectivity index (χ4v) is 4.69. The molecule has 0 N–H and O–H groups in total. The van der Waals surface area contributed by atoms with Gasteiger partial charge in [0.2, 0.25) is 15.7 Å². The summed E-state index contributed by atoms with van der Waals surface area (Å²) in [4.78, 5) is 3.96. The molecule has 1 atom stereocenters. The summed E-state index contributed by atoms with van der Waals surface area (Å²) in [6.45, 7) is 1.29. The van der Waals surface area contributed by atoms with Crippen LogP contribution >= 0.6 is 0 Å². The molecule has 1 saturated heterocycles. The fourth-order valence-electron chi connectivity index (χ4n) is 3.16. The molecule has 2 aliphatic rings. The molecule has 1 aromatic heterocycles. The molecule has 4 rings (SSSR count). The highest BCUT2D eigenvalue weighted by Crippen LogP contribution is 2.41. The number of hydrogen-bond donors (Lipinski definition) is 0. The third kappa shape index (κ3) is 3.03. The second kappa shape index (κ2) is 6.09. The lowest BCUT2D eigenvalue weighted by Gasteiger charge is -2.34. The highest BCUT2D eigenvalue weighted by molar-refractivity contribution is 7.89. The molecule has 0 radical (unpaired) electrons. The van der Waals surface area contributed by atoms with Gasteiger partial charge in [0.05, 0.1) is 11.4 Å². The van der Waals surface area contributed by atoms with E-state index in [-0.39, 0.29) is 29.7 Å². The standard InChI is InChI=1S/C17H19F2N3O3S/c1-11-3-6-13(9-14(11)18)26(23,24)22-8-2-7-17(19,10-22)16-20-15(21-25-16)12-4-5-12/h3,6,9,12H,2,4-5,7-8,10H2,1H3. The Bertz CT molecular complexity index is 942. The van der Waals surface area contributed by atoms with Gasteiger partial charge in [-0.2, -0.15) is 9.29 Å². The third-order valence-corrected chi connectivity index (χ3v) is 6.80. The Balaban J connectivity index is 1.61. The predicted octanol–water partition coefficient (Wildman–Crippen LogP) is 3.04. The maximum atomic E-state index is 15.5. The molecule has 0 spiro atoms. The van der Waals surface area contributed by atoms with E-state index >= 15 is 4.39 Å². The quantitative estimate of drug-likeness (QED) is 0.811. The minimum Gasteiger partial charge on any atom is -0.336 e. The molecular formula is C17H19F2N3O3S. The molecule has 0 bridgehead atoms. The summed E-state index contributed by atoms with van der Waals surface area (Å²) in [5.74, 6) is -0.0809. The molecule has 1 aliphatic heterocycles. The number of hydrogen-bond acceptors (Lipinski definition) is 5. The molecule has 140 valence electrons. The molecule has 0 amide bonds. The van der Waals surface area contributed by atoms with E-state index in [2.05, 4.69) is 10.1 Å². The van der Waals surface area contributed by atoms with Crippen molar-refractivity contribution < 1.29 is 21.7 Å². The van der Waals surface area contributed by atoms with Crippen molar-refractivity contribution in [2.24, 2.45) is 0 Å². The number of halogens is 2. The molecule has 1 unspecified atom stereocenters. The summed E-state index contributed by atoms with van der Waals surface area (Å²) in [6.07, 6.45) is 2.33. The molecule has 2 heterocycles. The minimum absolute atomic E-state index is 0.105. The van der Waals surface area contributed by atoms with Crippen LogP contribution in [0.4, 0.5) is 8.78 Å². The van der Waals surface area contributed by atoms with Gasteiger partial charge in [-0.3, -0.25) is 0 Å². The van der Waals surface area contributed by atoms with E-state index in [9.17, 15) is 12.8 Å². The summed E-state index contributed by atoms with van der Waals surface area (Å²) in [6, 6.07) is 3.70. The summed E-state index contributed by atoms with van der Waals surface area (Å²) in [5, 5.41) is 3.82. The zero-order valence-electron chi connectivity index (χ0n) is 14.3. The molecule has 26 heavy (non-hydrogen) atoms. The van der Waals surface area contributed by atoms with E-state index in [0.717, 1.165) is 23.2 Å². The van der Waals surface area contributed by atoms with Gasteiger partial charge < -0.3 is 4.52 Å². The van der Waals surface area contributed by atoms with E-state index in [0.29, 0.717) is 17.8 Å². The van der Waals surface area contributed by atoms with E-state index in [1.54, 1.807) is 6.92 Å². The lowest BCUT2D eigenvalue weighted by molar-refractivity contribution is 0.0470. The first-order chi connectivity index (χ1) is 12.3. The summed E-state index contributed by atoms with van der Waals surface area (Å²) >= 11 is 0. The Hall–Kier alpha value is -1.87. The summed E-state index contributed by atoms with van der Waals surface area (Å²) in [7, 11) is -4.01. The molecule has 1 aromatic carbocycles. The van der Waals surface area contributed by atoms with Crippen LogP contribution in [-0.4, -0.2) is 36.0 Å². The number of aromatic nitrogens is 2. The van der Waals surface area contributed by atoms with Crippen molar-refractivity contribution in [2.75, 3.05) is 13.1 Å². The van der Waals surface area contributed by atoms with Crippen molar-refractivity contribution in [3.05, 3.63) is 41.3 Å². The van der Waals surface area contributed by atoms with Crippen LogP contribution in [0.2, 0.25) is 0 Å². The van der Waals surface area contributed by atoms with Gasteiger partial charge in [0.15, 0.2) is 5.82 Å². The van der Waals surface area contributed by atoms with Crippen molar-refractivity contribution in [3.8, 4) is 0 Å². The predicted molar refractivity (Wildman–Crippen MR) is 88.2 cm³/mol. The van der Waals surface area contributed by atoms with Gasteiger partial charge in [-0.15, -0.1) is 0 Å². The lowest BCUT2D eigenvalue weighted by atomic mass is 9.96. The van der Waals surface area contributed by atoms with Gasteiger partial charge in [-0.1, -0.05) is 11.2 Å². The monoisotopic (exact) mass is 383 g/mol. The Labute approximate surface area is 150 Å². The largest absolute Gasteiger partial charge is 0.336 e. The van der Waals surface area contributed by atoms with E-state index in [4.69, 9.17) is 4.52 Å². The van der Waals surface area contributed by atoms with Gasteiger partial charge >= 0.3 is 0 Å².